The maximum Gasteiger partial charge on any atom is 0.123 e. The molecule has 22 heavy (non-hydrogen) atoms. The normalized spacial score (nSPS) is 14.1. The zero-order chi connectivity index (χ0) is 15.2. The number of benzene rings is 2. The summed E-state index contributed by atoms with van der Waals surface area (Å²) < 4.78 is 18.8. The van der Waals surface area contributed by atoms with Crippen molar-refractivity contribution < 1.29 is 9.13 Å². The molecule has 0 N–H and O–H groups in total. The standard InChI is InChI=1S/C20H17FO/c21-19-10-12-20(13-11-19)22-15-18(14-16-6-4-5-7-16)17-8-2-1-3-9-17/h1-14,18H,15H2. The summed E-state index contributed by atoms with van der Waals surface area (Å²) in [7, 11) is 0. The number of halogens is 1. The highest BCUT2D eigenvalue weighted by molar-refractivity contribution is 5.42. The summed E-state index contributed by atoms with van der Waals surface area (Å²) >= 11 is 0. The second-order valence-electron chi connectivity index (χ2n) is 5.17. The van der Waals surface area contributed by atoms with Crippen LogP contribution in [0.15, 0.2) is 90.6 Å². The fourth-order valence-corrected chi connectivity index (χ4v) is 2.39. The molecule has 2 aromatic carbocycles. The average molecular weight is 292 g/mol. The molecule has 0 radical (unpaired) electrons. The van der Waals surface area contributed by atoms with E-state index in [4.69, 9.17) is 4.74 Å². The van der Waals surface area contributed by atoms with E-state index in [1.54, 1.807) is 12.1 Å². The summed E-state index contributed by atoms with van der Waals surface area (Å²) in [6.45, 7) is 0.515. The number of rotatable bonds is 5. The molecule has 2 heteroatoms. The average Bonchev–Trinajstić information content (AvgIpc) is 3.07. The molecule has 3 rings (SSSR count). The highest BCUT2D eigenvalue weighted by atomic mass is 19.1. The van der Waals surface area contributed by atoms with Crippen LogP contribution in [0, 0.1) is 5.82 Å². The summed E-state index contributed by atoms with van der Waals surface area (Å²) in [5.74, 6) is 0.571. The highest BCUT2D eigenvalue weighted by Gasteiger charge is 2.11. The Bertz CT molecular complexity index is 682. The van der Waals surface area contributed by atoms with Crippen LogP contribution < -0.4 is 4.74 Å². The second-order valence-corrected chi connectivity index (χ2v) is 5.17. The zero-order valence-corrected chi connectivity index (χ0v) is 12.2. The van der Waals surface area contributed by atoms with E-state index >= 15 is 0 Å². The van der Waals surface area contributed by atoms with Gasteiger partial charge in [0.05, 0.1) is 6.61 Å². The predicted molar refractivity (Wildman–Crippen MR) is 87.4 cm³/mol. The molecule has 1 nitrogen and oxygen atoms in total. The molecular weight excluding hydrogens is 275 g/mol. The molecule has 1 aliphatic rings. The molecule has 0 spiro atoms. The zero-order valence-electron chi connectivity index (χ0n) is 12.2. The first kappa shape index (κ1) is 14.3. The smallest absolute Gasteiger partial charge is 0.123 e. The van der Waals surface area contributed by atoms with Gasteiger partial charge in [0, 0.05) is 5.92 Å². The molecule has 0 saturated heterocycles. The molecule has 0 saturated carbocycles. The van der Waals surface area contributed by atoms with E-state index in [9.17, 15) is 4.39 Å². The lowest BCUT2D eigenvalue weighted by atomic mass is 9.97. The van der Waals surface area contributed by atoms with Crippen LogP contribution in [0.5, 0.6) is 5.75 Å². The van der Waals surface area contributed by atoms with E-state index in [-0.39, 0.29) is 11.7 Å². The van der Waals surface area contributed by atoms with E-state index in [0.29, 0.717) is 12.4 Å². The lowest BCUT2D eigenvalue weighted by Gasteiger charge is -2.15. The molecule has 110 valence electrons. The Morgan fingerprint density at radius 2 is 1.59 bits per heavy atom. The Morgan fingerprint density at radius 1 is 0.909 bits per heavy atom. The second kappa shape index (κ2) is 6.90. The summed E-state index contributed by atoms with van der Waals surface area (Å²) in [4.78, 5) is 0. The quantitative estimate of drug-likeness (QED) is 0.750. The van der Waals surface area contributed by atoms with Gasteiger partial charge < -0.3 is 4.74 Å². The van der Waals surface area contributed by atoms with Gasteiger partial charge in [-0.15, -0.1) is 0 Å². The number of allylic oxidation sites excluding steroid dienone is 5. The van der Waals surface area contributed by atoms with Gasteiger partial charge in [-0.1, -0.05) is 60.7 Å². The lowest BCUT2D eigenvalue weighted by Crippen LogP contribution is -2.09. The third-order valence-electron chi connectivity index (χ3n) is 3.55. The van der Waals surface area contributed by atoms with E-state index in [1.165, 1.54) is 23.3 Å². The molecule has 0 heterocycles. The first-order valence-electron chi connectivity index (χ1n) is 7.31. The molecule has 0 aromatic heterocycles. The van der Waals surface area contributed by atoms with Gasteiger partial charge in [0.2, 0.25) is 0 Å². The fraction of sp³-hybridized carbons (Fsp3) is 0.100. The van der Waals surface area contributed by atoms with Crippen LogP contribution in [0.3, 0.4) is 0 Å². The first-order chi connectivity index (χ1) is 10.8. The SMILES string of the molecule is Fc1ccc(OCC(C=C2C=CC=C2)c2ccccc2)cc1. The first-order valence-corrected chi connectivity index (χ1v) is 7.31. The Balaban J connectivity index is 1.76. The molecular formula is C20H17FO. The summed E-state index contributed by atoms with van der Waals surface area (Å²) in [5, 5.41) is 0. The Labute approximate surface area is 130 Å². The van der Waals surface area contributed by atoms with Crippen molar-refractivity contribution >= 4 is 0 Å². The molecule has 0 aliphatic heterocycles. The van der Waals surface area contributed by atoms with Crippen LogP contribution in [-0.2, 0) is 0 Å². The third-order valence-corrected chi connectivity index (χ3v) is 3.55. The van der Waals surface area contributed by atoms with Crippen LogP contribution >= 0.6 is 0 Å². The molecule has 0 bridgehead atoms. The third kappa shape index (κ3) is 3.73. The fourth-order valence-electron chi connectivity index (χ4n) is 2.39. The Morgan fingerprint density at radius 3 is 2.27 bits per heavy atom. The maximum atomic E-state index is 12.9. The molecule has 0 amide bonds. The van der Waals surface area contributed by atoms with Crippen molar-refractivity contribution in [1.82, 2.24) is 0 Å². The van der Waals surface area contributed by atoms with E-state index in [1.807, 2.05) is 30.4 Å². The maximum absolute atomic E-state index is 12.9. The Hall–Kier alpha value is -2.61. The van der Waals surface area contributed by atoms with Crippen LogP contribution in [0.25, 0.3) is 0 Å². The number of hydrogen-bond donors (Lipinski definition) is 0. The van der Waals surface area contributed by atoms with Crippen molar-refractivity contribution in [2.45, 2.75) is 5.92 Å². The van der Waals surface area contributed by atoms with Gasteiger partial charge in [-0.3, -0.25) is 0 Å². The lowest BCUT2D eigenvalue weighted by molar-refractivity contribution is 0.305. The van der Waals surface area contributed by atoms with Crippen LogP contribution in [0.4, 0.5) is 4.39 Å². The molecule has 2 aromatic rings. The van der Waals surface area contributed by atoms with Gasteiger partial charge in [-0.05, 0) is 35.4 Å². The van der Waals surface area contributed by atoms with E-state index in [2.05, 4.69) is 30.4 Å². The van der Waals surface area contributed by atoms with Gasteiger partial charge in [0.15, 0.2) is 0 Å². The minimum Gasteiger partial charge on any atom is -0.493 e. The number of ether oxygens (including phenoxy) is 1. The molecule has 1 atom stereocenters. The summed E-state index contributed by atoms with van der Waals surface area (Å²) in [6, 6.07) is 16.4. The molecule has 0 fully saturated rings. The van der Waals surface area contributed by atoms with Gasteiger partial charge in [-0.25, -0.2) is 4.39 Å². The van der Waals surface area contributed by atoms with Crippen molar-refractivity contribution in [1.29, 1.82) is 0 Å². The van der Waals surface area contributed by atoms with Crippen LogP contribution in [0.1, 0.15) is 11.5 Å². The van der Waals surface area contributed by atoms with Crippen molar-refractivity contribution in [2.24, 2.45) is 0 Å². The monoisotopic (exact) mass is 292 g/mol. The summed E-state index contributed by atoms with van der Waals surface area (Å²) in [6.07, 6.45) is 10.4. The van der Waals surface area contributed by atoms with Gasteiger partial charge >= 0.3 is 0 Å². The number of hydrogen-bond acceptors (Lipinski definition) is 1. The van der Waals surface area contributed by atoms with E-state index < -0.39 is 0 Å². The van der Waals surface area contributed by atoms with Crippen molar-refractivity contribution in [2.75, 3.05) is 6.61 Å². The summed E-state index contributed by atoms with van der Waals surface area (Å²) in [5.41, 5.74) is 2.38. The molecule has 1 aliphatic carbocycles. The minimum absolute atomic E-state index is 0.147. The topological polar surface area (TPSA) is 9.23 Å². The highest BCUT2D eigenvalue weighted by Crippen LogP contribution is 2.23. The van der Waals surface area contributed by atoms with E-state index in [0.717, 1.165) is 0 Å². The van der Waals surface area contributed by atoms with Crippen molar-refractivity contribution in [3.63, 3.8) is 0 Å². The van der Waals surface area contributed by atoms with Crippen LogP contribution in [-0.4, -0.2) is 6.61 Å². The Kier molecular flexibility index (Phi) is 4.50. The van der Waals surface area contributed by atoms with Gasteiger partial charge in [0.1, 0.15) is 11.6 Å². The predicted octanol–water partition coefficient (Wildman–Crippen LogP) is 5.04. The van der Waals surface area contributed by atoms with Crippen molar-refractivity contribution in [3.05, 3.63) is 102 Å². The van der Waals surface area contributed by atoms with Crippen molar-refractivity contribution in [3.8, 4) is 5.75 Å². The molecule has 1 unspecified atom stereocenters. The minimum atomic E-state index is -0.254. The van der Waals surface area contributed by atoms with Gasteiger partial charge in [0.25, 0.3) is 0 Å². The largest absolute Gasteiger partial charge is 0.493 e. The van der Waals surface area contributed by atoms with Crippen LogP contribution in [0.2, 0.25) is 0 Å². The van der Waals surface area contributed by atoms with Gasteiger partial charge in [-0.2, -0.15) is 0 Å².